The highest BCUT2D eigenvalue weighted by Gasteiger charge is 2.72. The topological polar surface area (TPSA) is 54.0 Å². The molecular formula is C63H92O5P+. The highest BCUT2D eigenvalue weighted by atomic mass is 31.1. The first-order chi connectivity index (χ1) is 30.8. The van der Waals surface area contributed by atoms with Gasteiger partial charge in [-0.1, -0.05) is 248 Å². The first-order valence-corrected chi connectivity index (χ1v) is 26.8. The summed E-state index contributed by atoms with van der Waals surface area (Å²) in [4.78, 5) is 0. The Morgan fingerprint density at radius 3 is 0.623 bits per heavy atom. The number of rotatable bonds is 4. The number of ether oxygens (including phenoxy) is 2. The van der Waals surface area contributed by atoms with Gasteiger partial charge in [-0.25, -0.2) is 0 Å². The van der Waals surface area contributed by atoms with Gasteiger partial charge in [-0.15, -0.1) is 0 Å². The lowest BCUT2D eigenvalue weighted by Gasteiger charge is -2.41. The molecule has 4 aromatic rings. The van der Waals surface area contributed by atoms with Crippen molar-refractivity contribution in [3.05, 3.63) is 140 Å². The van der Waals surface area contributed by atoms with Crippen LogP contribution in [-0.2, 0) is 77.6 Å². The van der Waals surface area contributed by atoms with Crippen LogP contribution in [0.15, 0.2) is 72.8 Å². The summed E-state index contributed by atoms with van der Waals surface area (Å²) in [5.41, 5.74) is 7.69. The summed E-state index contributed by atoms with van der Waals surface area (Å²) in [6.07, 6.45) is -1.79. The third-order valence-electron chi connectivity index (χ3n) is 14.7. The van der Waals surface area contributed by atoms with Crippen molar-refractivity contribution in [2.75, 3.05) is 0 Å². The largest absolute Gasteiger partial charge is 0.700 e. The third kappa shape index (κ3) is 11.0. The Balaban J connectivity index is 1.95. The molecule has 2 aliphatic heterocycles. The van der Waals surface area contributed by atoms with Crippen LogP contribution >= 0.6 is 8.25 Å². The van der Waals surface area contributed by atoms with Gasteiger partial charge in [0, 0.05) is 4.57 Å². The van der Waals surface area contributed by atoms with Crippen LogP contribution < -0.4 is 0 Å². The Kier molecular flexibility index (Phi) is 13.8. The molecule has 6 heteroatoms. The lowest BCUT2D eigenvalue weighted by molar-refractivity contribution is -0.174. The van der Waals surface area contributed by atoms with Gasteiger partial charge in [0.25, 0.3) is 0 Å². The van der Waals surface area contributed by atoms with Gasteiger partial charge in [-0.3, -0.25) is 0 Å². The SMILES string of the molecule is CC1(C)OC2C(O1)C(c1cc(C(C)(C)C)cc(C(C)(C)C)c1)(c1cc(C(C)(C)C)cc(C(C)(C)C)c1)O[P+](=O)OC2(c1cc(C(C)(C)C)cc(C(C)(C)C)c1)c1cc(C(C)(C)C)cc(C(C)(C)C)c1. The zero-order valence-electron chi connectivity index (χ0n) is 48.1. The minimum Gasteiger partial charge on any atom is -0.340 e. The summed E-state index contributed by atoms with van der Waals surface area (Å²) in [7, 11) is -2.96. The smallest absolute Gasteiger partial charge is 0.340 e. The normalized spacial score (nSPS) is 21.0. The van der Waals surface area contributed by atoms with Gasteiger partial charge >= 0.3 is 8.25 Å². The maximum atomic E-state index is 16.2. The zero-order chi connectivity index (χ0) is 52.5. The zero-order valence-corrected chi connectivity index (χ0v) is 49.0. The highest BCUT2D eigenvalue weighted by molar-refractivity contribution is 7.33. The van der Waals surface area contributed by atoms with Crippen LogP contribution in [0, 0.1) is 0 Å². The number of fused-ring (bicyclic) bond motifs is 1. The van der Waals surface area contributed by atoms with Gasteiger partial charge in [0.1, 0.15) is 12.2 Å². The van der Waals surface area contributed by atoms with E-state index in [9.17, 15) is 0 Å². The Morgan fingerprint density at radius 1 is 0.319 bits per heavy atom. The van der Waals surface area contributed by atoms with Crippen LogP contribution in [-0.4, -0.2) is 18.0 Å². The first kappa shape index (κ1) is 55.1. The molecule has 69 heavy (non-hydrogen) atoms. The van der Waals surface area contributed by atoms with Crippen molar-refractivity contribution < 1.29 is 23.1 Å². The fraction of sp³-hybridized carbons (Fsp3) is 0.619. The van der Waals surface area contributed by atoms with E-state index in [0.717, 1.165) is 66.8 Å². The molecule has 6 rings (SSSR count). The van der Waals surface area contributed by atoms with Crippen molar-refractivity contribution in [2.45, 2.75) is 253 Å². The molecule has 0 N–H and O–H groups in total. The monoisotopic (exact) mass is 960 g/mol. The molecule has 2 aliphatic rings. The minimum atomic E-state index is -2.96. The molecule has 2 heterocycles. The minimum absolute atomic E-state index is 0.243. The third-order valence-corrected chi connectivity index (χ3v) is 15.6. The lowest BCUT2D eigenvalue weighted by Crippen LogP contribution is -2.54. The van der Waals surface area contributed by atoms with E-state index in [1.807, 2.05) is 13.8 Å². The second-order valence-electron chi connectivity index (χ2n) is 29.6. The lowest BCUT2D eigenvalue weighted by atomic mass is 9.67. The summed E-state index contributed by atoms with van der Waals surface area (Å²) in [6.45, 7) is 58.3. The van der Waals surface area contributed by atoms with Crippen LogP contribution in [0.2, 0.25) is 0 Å². The summed E-state index contributed by atoms with van der Waals surface area (Å²) in [6, 6.07) is 27.6. The van der Waals surface area contributed by atoms with Gasteiger partial charge in [0.05, 0.1) is 0 Å². The van der Waals surface area contributed by atoms with Crippen LogP contribution in [0.25, 0.3) is 0 Å². The molecule has 2 saturated heterocycles. The molecule has 378 valence electrons. The average Bonchev–Trinajstić information content (AvgIpc) is 3.46. The van der Waals surface area contributed by atoms with Gasteiger partial charge < -0.3 is 9.47 Å². The second kappa shape index (κ2) is 17.2. The molecule has 0 bridgehead atoms. The van der Waals surface area contributed by atoms with E-state index >= 15 is 4.57 Å². The predicted octanol–water partition coefficient (Wildman–Crippen LogP) is 17.5. The summed E-state index contributed by atoms with van der Waals surface area (Å²) >= 11 is 0. The van der Waals surface area contributed by atoms with Crippen molar-refractivity contribution >= 4 is 8.25 Å². The number of hydrogen-bond donors (Lipinski definition) is 0. The molecule has 5 nitrogen and oxygen atoms in total. The summed E-state index contributed by atoms with van der Waals surface area (Å²) in [5.74, 6) is -1.13. The van der Waals surface area contributed by atoms with Crippen LogP contribution in [0.1, 0.15) is 247 Å². The Morgan fingerprint density at radius 2 is 0.478 bits per heavy atom. The van der Waals surface area contributed by atoms with Crippen LogP contribution in [0.4, 0.5) is 0 Å². The van der Waals surface area contributed by atoms with E-state index < -0.39 is 37.5 Å². The Hall–Kier alpha value is -3.18. The van der Waals surface area contributed by atoms with Crippen molar-refractivity contribution in [2.24, 2.45) is 0 Å². The van der Waals surface area contributed by atoms with Crippen molar-refractivity contribution in [1.82, 2.24) is 0 Å². The van der Waals surface area contributed by atoms with Gasteiger partial charge in [0.15, 0.2) is 5.79 Å². The Bertz CT molecular complexity index is 2130. The van der Waals surface area contributed by atoms with Gasteiger partial charge in [0.2, 0.25) is 11.2 Å². The summed E-state index contributed by atoms with van der Waals surface area (Å²) in [5, 5.41) is 0. The van der Waals surface area contributed by atoms with E-state index in [1.165, 1.54) is 0 Å². The summed E-state index contributed by atoms with van der Waals surface area (Å²) < 4.78 is 46.8. The predicted molar refractivity (Wildman–Crippen MR) is 291 cm³/mol. The second-order valence-corrected chi connectivity index (χ2v) is 30.4. The van der Waals surface area contributed by atoms with Crippen molar-refractivity contribution in [1.29, 1.82) is 0 Å². The van der Waals surface area contributed by atoms with E-state index in [1.54, 1.807) is 0 Å². The van der Waals surface area contributed by atoms with Gasteiger partial charge in [-0.05, 0) is 124 Å². The number of benzene rings is 4. The van der Waals surface area contributed by atoms with Crippen molar-refractivity contribution in [3.8, 4) is 0 Å². The molecular weight excluding hydrogens is 868 g/mol. The standard InChI is InChI=1S/C63H92O5P/c1-53(2,3)39-27-40(54(4,5)6)32-47(31-39)62(48-33-41(55(7,8)9)28-42(34-48)56(10,11)12)51-52(66-61(25,26)65-51)63(68-69(64)67-62,49-35-43(57(13,14)15)29-44(36-49)58(16,17)18)50-37-45(59(19,20)21)30-46(38-50)60(22,23)24/h27-38,51-52H,1-26H3/q+1. The maximum absolute atomic E-state index is 16.2. The van der Waals surface area contributed by atoms with E-state index in [0.29, 0.717) is 0 Å². The van der Waals surface area contributed by atoms with E-state index in [2.05, 4.69) is 239 Å². The molecule has 0 aromatic heterocycles. The fourth-order valence-corrected chi connectivity index (χ4v) is 10.9. The molecule has 0 spiro atoms. The maximum Gasteiger partial charge on any atom is 0.700 e. The molecule has 4 aromatic carbocycles. The highest BCUT2D eigenvalue weighted by Crippen LogP contribution is 2.63. The first-order valence-electron chi connectivity index (χ1n) is 25.7. The molecule has 0 amide bonds. The Labute approximate surface area is 421 Å². The molecule has 0 saturated carbocycles. The van der Waals surface area contributed by atoms with Crippen LogP contribution in [0.3, 0.4) is 0 Å². The molecule has 2 atom stereocenters. The molecule has 2 fully saturated rings. The molecule has 0 aliphatic carbocycles. The molecule has 2 unspecified atom stereocenters. The van der Waals surface area contributed by atoms with E-state index in [-0.39, 0.29) is 43.3 Å². The van der Waals surface area contributed by atoms with Crippen LogP contribution in [0.5, 0.6) is 0 Å². The average molecular weight is 960 g/mol. The van der Waals surface area contributed by atoms with E-state index in [4.69, 9.17) is 18.5 Å². The molecule has 0 radical (unpaired) electrons. The quantitative estimate of drug-likeness (QED) is 0.191. The fourth-order valence-electron chi connectivity index (χ4n) is 9.75. The van der Waals surface area contributed by atoms with Crippen molar-refractivity contribution in [3.63, 3.8) is 0 Å². The number of hydrogen-bond acceptors (Lipinski definition) is 5. The van der Waals surface area contributed by atoms with Gasteiger partial charge in [-0.2, -0.15) is 0 Å².